The molecule has 4 aromatic carbocycles. The van der Waals surface area contributed by atoms with E-state index < -0.39 is 65.1 Å². The number of rotatable bonds is 42. The number of amides is 3. The van der Waals surface area contributed by atoms with Crippen LogP contribution in [0.1, 0.15) is 223 Å². The Kier molecular flexibility index (Phi) is 36.7. The van der Waals surface area contributed by atoms with Crippen molar-refractivity contribution in [2.24, 2.45) is 22.7 Å². The number of carbonyl (C=O) groups excluding carboxylic acids is 9. The average Bonchev–Trinajstić information content (AvgIpc) is 1.67. The molecule has 6 aliphatic rings. The number of carbonyl (C=O) groups is 10. The number of carboxylic acids is 1. The Labute approximate surface area is 788 Å². The summed E-state index contributed by atoms with van der Waals surface area (Å²) < 4.78 is 0. The number of β-amino-alcohol motifs (C(OH)–C–C–N with tert-alkyl or cyclic N) is 4. The number of thiazole rings is 2. The highest BCUT2D eigenvalue weighted by molar-refractivity contribution is 7.13. The number of hydrogen-bond acceptors (Lipinski definition) is 27. The molecule has 133 heavy (non-hydrogen) atoms. The van der Waals surface area contributed by atoms with Crippen LogP contribution in [-0.2, 0) is 77.1 Å². The first-order valence-corrected chi connectivity index (χ1v) is 48.8. The molecule has 6 aliphatic heterocycles. The van der Waals surface area contributed by atoms with E-state index in [0.29, 0.717) is 107 Å². The molecule has 4 fully saturated rings. The van der Waals surface area contributed by atoms with Crippen molar-refractivity contribution in [3.05, 3.63) is 189 Å². The van der Waals surface area contributed by atoms with Crippen LogP contribution < -0.4 is 16.0 Å². The van der Waals surface area contributed by atoms with Crippen molar-refractivity contribution in [3.63, 3.8) is 0 Å². The molecule has 8 N–H and O–H groups in total. The van der Waals surface area contributed by atoms with E-state index in [2.05, 4.69) is 98.1 Å². The third-order valence-electron chi connectivity index (χ3n) is 26.2. The molecule has 0 aliphatic carbocycles. The quantitative estimate of drug-likeness (QED) is 0.0130. The van der Waals surface area contributed by atoms with E-state index in [1.165, 1.54) is 44.7 Å². The Hall–Kier alpha value is -10.5. The van der Waals surface area contributed by atoms with Gasteiger partial charge in [0.25, 0.3) is 0 Å². The lowest BCUT2D eigenvalue weighted by molar-refractivity contribution is -0.146. The Morgan fingerprint density at radius 2 is 0.895 bits per heavy atom. The second kappa shape index (κ2) is 48.1. The average molecular weight is 1860 g/mol. The van der Waals surface area contributed by atoms with Gasteiger partial charge in [-0.05, 0) is 133 Å². The lowest BCUT2D eigenvalue weighted by Crippen LogP contribution is -2.57. The third kappa shape index (κ3) is 29.8. The molecule has 0 bridgehead atoms. The number of unbranched alkanes of at least 4 members (excludes halogenated alkanes) is 2. The molecule has 10 heterocycles. The van der Waals surface area contributed by atoms with Crippen LogP contribution in [0.3, 0.4) is 0 Å². The molecule has 0 spiro atoms. The molecule has 14 rings (SSSR count). The maximum atomic E-state index is 14.1. The summed E-state index contributed by atoms with van der Waals surface area (Å²) >= 11 is 3.18. The van der Waals surface area contributed by atoms with Gasteiger partial charge in [0.1, 0.15) is 47.2 Å². The van der Waals surface area contributed by atoms with Crippen molar-refractivity contribution in [1.29, 1.82) is 0 Å². The van der Waals surface area contributed by atoms with Crippen LogP contribution in [0, 0.1) is 36.5 Å². The minimum atomic E-state index is -0.892. The fourth-order valence-electron chi connectivity index (χ4n) is 18.1. The number of aliphatic hydroxyl groups excluding tert-OH is 4. The second-order valence-corrected chi connectivity index (χ2v) is 40.4. The maximum Gasteiger partial charge on any atom is 0.303 e. The zero-order chi connectivity index (χ0) is 95.0. The zero-order valence-electron chi connectivity index (χ0n) is 78.1. The molecular formula is C102H132N14O15S2. The van der Waals surface area contributed by atoms with Gasteiger partial charge < -0.3 is 56.2 Å². The van der Waals surface area contributed by atoms with E-state index in [4.69, 9.17) is 5.11 Å². The number of aliphatic carboxylic acids is 1. The Balaban J connectivity index is 0.000000200. The van der Waals surface area contributed by atoms with Crippen molar-refractivity contribution in [2.45, 2.75) is 258 Å². The van der Waals surface area contributed by atoms with Gasteiger partial charge in [0.15, 0.2) is 23.1 Å². The SMILES string of the molecule is Cc1ncsc1-c1ccc(CCC(=O)[C@@H]2C[C@@H](O)CN2C(=O)[C@@H](CC(=O)CCCCC(=O)N2CC(Nc3cc(C(=O)CC[C@H](O)CN4CCc5ccccc5C4)ncn3)C2)C(C)(C)C)cc1.Cc1ncsc1-c1ccc(CCC(=O)[C@@H]2C[C@@H](O)CN2C(=O)[C@@H](CC(=O)CCCCC(=O)O)C(C)(C)C)cc1.O=C(CC[C@H](O)CN1CCc2ccccc2C1)c1cc(NC2CNC2)ncn1. The Bertz CT molecular complexity index is 5300. The minimum Gasteiger partial charge on any atom is -0.481 e. The van der Waals surface area contributed by atoms with Gasteiger partial charge in [0, 0.05) is 180 Å². The molecule has 4 saturated heterocycles. The summed E-state index contributed by atoms with van der Waals surface area (Å²) in [4.78, 5) is 167. The molecular weight excluding hydrogens is 1730 g/mol. The number of aromatic nitrogens is 6. The van der Waals surface area contributed by atoms with Gasteiger partial charge in [-0.1, -0.05) is 139 Å². The molecule has 8 aromatic rings. The number of carboxylic acid groups (broad SMARTS) is 1. The number of aryl methyl sites for hydroxylation is 4. The van der Waals surface area contributed by atoms with Crippen molar-refractivity contribution in [3.8, 4) is 20.9 Å². The first-order chi connectivity index (χ1) is 63.6. The Morgan fingerprint density at radius 3 is 1.29 bits per heavy atom. The lowest BCUT2D eigenvalue weighted by atomic mass is 9.76. The minimum absolute atomic E-state index is 0.000413. The van der Waals surface area contributed by atoms with Crippen molar-refractivity contribution < 1.29 is 73.5 Å². The summed E-state index contributed by atoms with van der Waals surface area (Å²) in [6, 6.07) is 35.2. The predicted molar refractivity (Wildman–Crippen MR) is 512 cm³/mol. The number of fused-ring (bicyclic) bond motifs is 2. The summed E-state index contributed by atoms with van der Waals surface area (Å²) in [5.74, 6) is -2.10. The summed E-state index contributed by atoms with van der Waals surface area (Å²) in [6.45, 7) is 22.9. The number of benzene rings is 4. The van der Waals surface area contributed by atoms with E-state index in [1.807, 2.05) is 121 Å². The van der Waals surface area contributed by atoms with Gasteiger partial charge in [-0.3, -0.25) is 57.7 Å². The number of anilines is 2. The summed E-state index contributed by atoms with van der Waals surface area (Å²) in [5, 5.41) is 60.7. The lowest BCUT2D eigenvalue weighted by Gasteiger charge is -2.40. The number of hydrogen-bond donors (Lipinski definition) is 8. The fourth-order valence-corrected chi connectivity index (χ4v) is 19.8. The van der Waals surface area contributed by atoms with Crippen molar-refractivity contribution in [2.75, 3.05) is 76.1 Å². The molecule has 8 atom stereocenters. The van der Waals surface area contributed by atoms with Crippen molar-refractivity contribution in [1.82, 2.24) is 59.7 Å². The number of nitrogens with zero attached hydrogens (tertiary/aromatic N) is 11. The van der Waals surface area contributed by atoms with Gasteiger partial charge in [-0.25, -0.2) is 29.9 Å². The van der Waals surface area contributed by atoms with E-state index in [0.717, 1.165) is 95.5 Å². The van der Waals surface area contributed by atoms with Crippen LogP contribution in [0.25, 0.3) is 20.9 Å². The normalized spacial score (nSPS) is 18.4. The summed E-state index contributed by atoms with van der Waals surface area (Å²) in [5.41, 5.74) is 14.8. The fraction of sp³-hybridized carbons (Fsp3) is 0.529. The smallest absolute Gasteiger partial charge is 0.303 e. The molecule has 4 aromatic heterocycles. The highest BCUT2D eigenvalue weighted by Gasteiger charge is 2.46. The van der Waals surface area contributed by atoms with E-state index in [9.17, 15) is 68.4 Å². The zero-order valence-corrected chi connectivity index (χ0v) is 79.7. The maximum absolute atomic E-state index is 14.1. The number of nitrogens with one attached hydrogen (secondary N) is 3. The molecule has 3 amide bonds. The summed E-state index contributed by atoms with van der Waals surface area (Å²) in [6.07, 6.45) is 7.95. The first-order valence-electron chi connectivity index (χ1n) is 47.1. The van der Waals surface area contributed by atoms with Crippen LogP contribution in [0.15, 0.2) is 133 Å². The molecule has 0 saturated carbocycles. The second-order valence-electron chi connectivity index (χ2n) is 38.7. The highest BCUT2D eigenvalue weighted by Crippen LogP contribution is 2.38. The number of aliphatic hydroxyl groups is 4. The largest absolute Gasteiger partial charge is 0.481 e. The molecule has 0 unspecified atom stereocenters. The van der Waals surface area contributed by atoms with Gasteiger partial charge in [-0.15, -0.1) is 22.7 Å². The predicted octanol–water partition coefficient (Wildman–Crippen LogP) is 12.3. The van der Waals surface area contributed by atoms with Crippen molar-refractivity contribution >= 4 is 92.7 Å². The monoisotopic (exact) mass is 1860 g/mol. The van der Waals surface area contributed by atoms with Crippen LogP contribution >= 0.6 is 22.7 Å². The molecule has 31 heteroatoms. The third-order valence-corrected chi connectivity index (χ3v) is 28.2. The number of likely N-dealkylation sites (tertiary alicyclic amines) is 3. The van der Waals surface area contributed by atoms with E-state index in [1.54, 1.807) is 39.7 Å². The number of Topliss-reactive ketones (excluding diaryl/α,β-unsaturated/α-hetero) is 6. The standard InChI is InChI=1S/C51H65N7O7S.C30H40N2O6S.C21H27N5O2/c1-33-49(66-32-54-33)36-16-13-34(14-17-36)15-19-46(63)44-24-41(61)30-58(44)50(65)42(51(2,3)4)23-39(59)11-7-8-12-48(64)57-27-38(28-57)55-47-25-43(52-31-53-47)45(62)20-18-40(60)29-56-22-21-35-9-5-6-10-37(35)26-56;1-19-28(39-18-31-19)21-12-9-20(10-13-21)11-14-26(35)25-16-23(34)17-32(25)29(38)24(30(2,3)4)15-22(33)7-5-6-8-27(36)37;27-18(13-26-8-7-15-3-1-2-4-16(15)12-26)5-6-20(28)19-9-21(24-14-23-19)25-17-10-22-11-17/h5-6,9-10,13-14,16-17,25,31-32,38,40-42,44,60-61H,7-8,11-12,15,18-24,26-30H2,1-4H3,(H,52,53,55);9-10,12-13,18,23-25,34H,5-8,11,14-17H2,1-4H3,(H,36,37);1-4,9,14,17-18,22,27H,5-8,10-13H2,(H,23,24,25)/t40-,41+,42+,44-;23-,24-,25+;18-/m010/s1. The highest BCUT2D eigenvalue weighted by atomic mass is 32.1. The topological polar surface area (TPSA) is 401 Å². The summed E-state index contributed by atoms with van der Waals surface area (Å²) in [7, 11) is 0. The Morgan fingerprint density at radius 1 is 0.489 bits per heavy atom. The molecule has 712 valence electrons. The van der Waals surface area contributed by atoms with Crippen LogP contribution in [-0.4, -0.2) is 252 Å². The van der Waals surface area contributed by atoms with Gasteiger partial charge in [-0.2, -0.15) is 0 Å². The first kappa shape index (κ1) is 101. The number of ketones is 6. The van der Waals surface area contributed by atoms with Gasteiger partial charge >= 0.3 is 5.97 Å². The van der Waals surface area contributed by atoms with E-state index in [-0.39, 0.29) is 148 Å². The van der Waals surface area contributed by atoms with Gasteiger partial charge in [0.2, 0.25) is 17.7 Å². The van der Waals surface area contributed by atoms with E-state index >= 15 is 0 Å². The van der Waals surface area contributed by atoms with Crippen LogP contribution in [0.4, 0.5) is 11.6 Å². The van der Waals surface area contributed by atoms with Crippen LogP contribution in [0.5, 0.6) is 0 Å². The van der Waals surface area contributed by atoms with Gasteiger partial charge in [0.05, 0.1) is 80.7 Å². The molecule has 0 radical (unpaired) electrons. The molecule has 29 nitrogen and oxygen atoms in total. The van der Waals surface area contributed by atoms with Crippen LogP contribution in [0.2, 0.25) is 0 Å².